The van der Waals surface area contributed by atoms with E-state index in [0.29, 0.717) is 19.3 Å². The Morgan fingerprint density at radius 2 is 0.500 bits per heavy atom. The van der Waals surface area contributed by atoms with Crippen molar-refractivity contribution in [2.45, 2.75) is 303 Å². The first-order chi connectivity index (χ1) is 39.5. The van der Waals surface area contributed by atoms with E-state index in [9.17, 15) is 14.4 Å². The predicted molar refractivity (Wildman–Crippen MR) is 348 cm³/mol. The quantitative estimate of drug-likeness (QED) is 0.0261. The molecule has 0 rings (SSSR count). The van der Waals surface area contributed by atoms with Crippen LogP contribution in [0, 0.1) is 0 Å². The standard InChI is InChI=1S/C74H122O6/c1-4-7-10-13-16-19-22-25-28-31-32-33-34-35-36-37-38-39-40-41-42-44-46-49-52-55-58-61-64-67-73(76)79-70-71(69-78-72(75)66-63-60-57-54-51-48-45-30-27-24-21-18-15-12-9-6-3)80-74(77)68-65-62-59-56-53-50-47-43-29-26-23-20-17-14-11-8-5-2/h7-8,10-11,16-17,19-20,25-26,28-29,32-33,35-36,38-39,47,50,56,59,71H,4-6,9,12-15,18,21-24,27,30-31,34,37,40-46,48-49,51-55,57-58,60-70H2,1-3H3/b10-7-,11-8-,19-16-,20-17-,28-25-,29-26-,33-32-,36-35-,39-38-,50-47-,59-56-. The lowest BCUT2D eigenvalue weighted by Crippen LogP contribution is -2.30. The Hall–Kier alpha value is -4.45. The Morgan fingerprint density at radius 1 is 0.263 bits per heavy atom. The zero-order valence-electron chi connectivity index (χ0n) is 52.0. The second-order valence-corrected chi connectivity index (χ2v) is 21.6. The van der Waals surface area contributed by atoms with Gasteiger partial charge in [-0.3, -0.25) is 14.4 Å². The third-order valence-corrected chi connectivity index (χ3v) is 13.9. The van der Waals surface area contributed by atoms with Crippen molar-refractivity contribution in [1.82, 2.24) is 0 Å². The molecule has 0 fully saturated rings. The number of esters is 3. The Bertz CT molecular complexity index is 1700. The van der Waals surface area contributed by atoms with E-state index in [-0.39, 0.29) is 37.5 Å². The highest BCUT2D eigenvalue weighted by atomic mass is 16.6. The predicted octanol–water partition coefficient (Wildman–Crippen LogP) is 22.9. The Kier molecular flexibility index (Phi) is 63.3. The van der Waals surface area contributed by atoms with Crippen molar-refractivity contribution in [1.29, 1.82) is 0 Å². The fraction of sp³-hybridized carbons (Fsp3) is 0.662. The van der Waals surface area contributed by atoms with Crippen LogP contribution in [-0.4, -0.2) is 37.2 Å². The smallest absolute Gasteiger partial charge is 0.306 e. The Labute approximate surface area is 494 Å². The molecule has 0 aromatic rings. The molecule has 0 saturated carbocycles. The third kappa shape index (κ3) is 64.4. The molecule has 0 radical (unpaired) electrons. The number of carbonyl (C=O) groups is 3. The summed E-state index contributed by atoms with van der Waals surface area (Å²) in [6, 6.07) is 0. The molecule has 0 aromatic carbocycles. The van der Waals surface area contributed by atoms with E-state index in [4.69, 9.17) is 14.2 Å². The van der Waals surface area contributed by atoms with Gasteiger partial charge in [0.15, 0.2) is 6.10 Å². The summed E-state index contributed by atoms with van der Waals surface area (Å²) in [5, 5.41) is 0. The molecular formula is C74H122O6. The van der Waals surface area contributed by atoms with Gasteiger partial charge in [0.05, 0.1) is 0 Å². The highest BCUT2D eigenvalue weighted by Crippen LogP contribution is 2.16. The lowest BCUT2D eigenvalue weighted by Gasteiger charge is -2.18. The van der Waals surface area contributed by atoms with E-state index in [1.54, 1.807) is 0 Å². The molecule has 0 saturated heterocycles. The lowest BCUT2D eigenvalue weighted by molar-refractivity contribution is -0.167. The van der Waals surface area contributed by atoms with Gasteiger partial charge >= 0.3 is 17.9 Å². The van der Waals surface area contributed by atoms with Gasteiger partial charge in [-0.25, -0.2) is 0 Å². The zero-order chi connectivity index (χ0) is 57.8. The SMILES string of the molecule is CC/C=C\C/C=C\C/C=C\C/C=C\C/C=C\C/C=C\CCCCCCCCCCCCC(=O)OCC(COC(=O)CCCCCCCCCCCCCCCCCC)OC(=O)CCC/C=C\C/C=C\C/C=C\C/C=C\C/C=C\CC. The van der Waals surface area contributed by atoms with Crippen molar-refractivity contribution >= 4 is 17.9 Å². The van der Waals surface area contributed by atoms with Gasteiger partial charge in [-0.1, -0.05) is 302 Å². The molecule has 0 amide bonds. The number of ether oxygens (including phenoxy) is 3. The van der Waals surface area contributed by atoms with Crippen LogP contribution in [0.2, 0.25) is 0 Å². The largest absolute Gasteiger partial charge is 0.462 e. The number of carbonyl (C=O) groups excluding carboxylic acids is 3. The highest BCUT2D eigenvalue weighted by Gasteiger charge is 2.19. The van der Waals surface area contributed by atoms with Crippen LogP contribution < -0.4 is 0 Å². The summed E-state index contributed by atoms with van der Waals surface area (Å²) in [6.45, 7) is 6.38. The average Bonchev–Trinajstić information content (AvgIpc) is 3.46. The van der Waals surface area contributed by atoms with Crippen LogP contribution in [0.15, 0.2) is 134 Å². The van der Waals surface area contributed by atoms with Crippen molar-refractivity contribution in [3.8, 4) is 0 Å². The molecule has 6 nitrogen and oxygen atoms in total. The molecule has 0 spiro atoms. The maximum atomic E-state index is 12.9. The molecule has 1 unspecified atom stereocenters. The fourth-order valence-corrected chi connectivity index (χ4v) is 9.01. The monoisotopic (exact) mass is 1110 g/mol. The van der Waals surface area contributed by atoms with Crippen LogP contribution >= 0.6 is 0 Å². The van der Waals surface area contributed by atoms with Crippen molar-refractivity contribution in [2.75, 3.05) is 13.2 Å². The first-order valence-electron chi connectivity index (χ1n) is 33.2. The number of unbranched alkanes of at least 4 members (excludes halogenated alkanes) is 26. The van der Waals surface area contributed by atoms with Gasteiger partial charge in [0.25, 0.3) is 0 Å². The van der Waals surface area contributed by atoms with Gasteiger partial charge in [0.1, 0.15) is 13.2 Å². The summed E-state index contributed by atoms with van der Waals surface area (Å²) in [6.07, 6.45) is 94.7. The minimum atomic E-state index is -0.813. The van der Waals surface area contributed by atoms with E-state index >= 15 is 0 Å². The minimum Gasteiger partial charge on any atom is -0.462 e. The molecule has 0 bridgehead atoms. The van der Waals surface area contributed by atoms with Crippen LogP contribution in [0.25, 0.3) is 0 Å². The molecule has 0 N–H and O–H groups in total. The fourth-order valence-electron chi connectivity index (χ4n) is 9.01. The Balaban J connectivity index is 4.38. The van der Waals surface area contributed by atoms with Crippen LogP contribution in [-0.2, 0) is 28.6 Å². The van der Waals surface area contributed by atoms with Gasteiger partial charge in [-0.15, -0.1) is 0 Å². The van der Waals surface area contributed by atoms with E-state index in [1.807, 2.05) is 0 Å². The van der Waals surface area contributed by atoms with Gasteiger partial charge in [0, 0.05) is 19.3 Å². The van der Waals surface area contributed by atoms with Crippen molar-refractivity contribution in [3.63, 3.8) is 0 Å². The second-order valence-electron chi connectivity index (χ2n) is 21.6. The molecule has 1 atom stereocenters. The summed E-state index contributed by atoms with van der Waals surface area (Å²) in [4.78, 5) is 38.3. The molecule has 0 aliphatic carbocycles. The van der Waals surface area contributed by atoms with Crippen molar-refractivity contribution in [3.05, 3.63) is 134 Å². The maximum Gasteiger partial charge on any atom is 0.306 e. The van der Waals surface area contributed by atoms with E-state index in [2.05, 4.69) is 154 Å². The molecular weight excluding hydrogens is 985 g/mol. The van der Waals surface area contributed by atoms with Crippen LogP contribution in [0.5, 0.6) is 0 Å². The van der Waals surface area contributed by atoms with Crippen LogP contribution in [0.4, 0.5) is 0 Å². The molecule has 0 aliphatic rings. The number of allylic oxidation sites excluding steroid dienone is 22. The zero-order valence-corrected chi connectivity index (χ0v) is 52.0. The van der Waals surface area contributed by atoms with Crippen molar-refractivity contribution in [2.24, 2.45) is 0 Å². The highest BCUT2D eigenvalue weighted by molar-refractivity contribution is 5.71. The number of rotatable bonds is 59. The summed E-state index contributed by atoms with van der Waals surface area (Å²) < 4.78 is 16.9. The van der Waals surface area contributed by atoms with E-state index < -0.39 is 6.10 Å². The van der Waals surface area contributed by atoms with Gasteiger partial charge < -0.3 is 14.2 Å². The molecule has 0 aliphatic heterocycles. The molecule has 80 heavy (non-hydrogen) atoms. The molecule has 0 heterocycles. The van der Waals surface area contributed by atoms with Crippen molar-refractivity contribution < 1.29 is 28.6 Å². The van der Waals surface area contributed by atoms with Crippen LogP contribution in [0.3, 0.4) is 0 Å². The second kappa shape index (κ2) is 67.1. The third-order valence-electron chi connectivity index (χ3n) is 13.9. The first-order valence-corrected chi connectivity index (χ1v) is 33.2. The summed E-state index contributed by atoms with van der Waals surface area (Å²) in [7, 11) is 0. The molecule has 0 aromatic heterocycles. The normalized spacial score (nSPS) is 13.0. The molecule has 454 valence electrons. The minimum absolute atomic E-state index is 0.102. The number of hydrogen-bond donors (Lipinski definition) is 0. The average molecular weight is 1110 g/mol. The summed E-state index contributed by atoms with van der Waals surface area (Å²) >= 11 is 0. The van der Waals surface area contributed by atoms with Gasteiger partial charge in [-0.05, 0) is 109 Å². The Morgan fingerprint density at radius 3 is 0.800 bits per heavy atom. The lowest BCUT2D eigenvalue weighted by atomic mass is 10.0. The van der Waals surface area contributed by atoms with Gasteiger partial charge in [0.2, 0.25) is 0 Å². The summed E-state index contributed by atoms with van der Waals surface area (Å²) in [5.74, 6) is -0.959. The topological polar surface area (TPSA) is 78.9 Å². The number of hydrogen-bond acceptors (Lipinski definition) is 6. The first kappa shape index (κ1) is 75.5. The van der Waals surface area contributed by atoms with Gasteiger partial charge in [-0.2, -0.15) is 0 Å². The summed E-state index contributed by atoms with van der Waals surface area (Å²) in [5.41, 5.74) is 0. The van der Waals surface area contributed by atoms with Crippen LogP contribution in [0.1, 0.15) is 297 Å². The van der Waals surface area contributed by atoms with E-state index in [1.165, 1.54) is 135 Å². The van der Waals surface area contributed by atoms with E-state index in [0.717, 1.165) is 116 Å². The maximum absolute atomic E-state index is 12.9. The molecule has 6 heteroatoms.